The van der Waals surface area contributed by atoms with E-state index in [1.54, 1.807) is 12.1 Å². The Kier molecular flexibility index (Phi) is 5.95. The van der Waals surface area contributed by atoms with E-state index in [1.165, 1.54) is 0 Å². The van der Waals surface area contributed by atoms with Gasteiger partial charge in [0.1, 0.15) is 5.75 Å². The third-order valence-corrected chi connectivity index (χ3v) is 3.71. The van der Waals surface area contributed by atoms with Gasteiger partial charge in [-0.2, -0.15) is 0 Å². The molecule has 0 heterocycles. The number of ether oxygens (including phenoxy) is 1. The van der Waals surface area contributed by atoms with Gasteiger partial charge in [0.15, 0.2) is 6.10 Å². The average molecular weight is 326 g/mol. The molecular weight excluding hydrogens is 304 g/mol. The first-order chi connectivity index (χ1) is 11.5. The van der Waals surface area contributed by atoms with Crippen LogP contribution < -0.4 is 15.6 Å². The van der Waals surface area contributed by atoms with Crippen LogP contribution in [0.15, 0.2) is 48.5 Å². The van der Waals surface area contributed by atoms with Crippen molar-refractivity contribution in [2.24, 2.45) is 0 Å². The number of nitrogens with one attached hydrogen (secondary N) is 2. The fourth-order valence-corrected chi connectivity index (χ4v) is 2.26. The Labute approximate surface area is 142 Å². The highest BCUT2D eigenvalue weighted by atomic mass is 16.5. The monoisotopic (exact) mass is 326 g/mol. The van der Waals surface area contributed by atoms with Crippen molar-refractivity contribution in [2.45, 2.75) is 33.3 Å². The topological polar surface area (TPSA) is 67.4 Å². The number of amides is 2. The van der Waals surface area contributed by atoms with Crippen LogP contribution in [0.4, 0.5) is 0 Å². The standard InChI is InChI=1S/C19H22N2O3/c1-4-16(24-17-12-8-6-10-14(17)3)19(23)21-20-18(22)15-11-7-5-9-13(15)2/h5-12,16H,4H2,1-3H3,(H,20,22)(H,21,23). The number of para-hydroxylation sites is 1. The van der Waals surface area contributed by atoms with Gasteiger partial charge in [-0.05, 0) is 43.5 Å². The number of hydrogen-bond donors (Lipinski definition) is 2. The number of hydrazine groups is 1. The molecule has 2 aromatic carbocycles. The maximum absolute atomic E-state index is 12.3. The van der Waals surface area contributed by atoms with Crippen LogP contribution in [0.25, 0.3) is 0 Å². The number of aryl methyl sites for hydroxylation is 2. The van der Waals surface area contributed by atoms with E-state index in [1.807, 2.05) is 57.2 Å². The molecule has 5 heteroatoms. The minimum atomic E-state index is -0.678. The molecule has 1 unspecified atom stereocenters. The van der Waals surface area contributed by atoms with Gasteiger partial charge in [0.25, 0.3) is 11.8 Å². The molecule has 0 aromatic heterocycles. The van der Waals surface area contributed by atoms with E-state index in [9.17, 15) is 9.59 Å². The fraction of sp³-hybridized carbons (Fsp3) is 0.263. The van der Waals surface area contributed by atoms with Gasteiger partial charge in [0, 0.05) is 5.56 Å². The molecule has 0 fully saturated rings. The van der Waals surface area contributed by atoms with Crippen LogP contribution in [0, 0.1) is 13.8 Å². The van der Waals surface area contributed by atoms with Gasteiger partial charge in [-0.1, -0.05) is 43.3 Å². The Morgan fingerprint density at radius 3 is 2.21 bits per heavy atom. The lowest BCUT2D eigenvalue weighted by molar-refractivity contribution is -0.128. The van der Waals surface area contributed by atoms with E-state index < -0.39 is 6.10 Å². The second-order valence-electron chi connectivity index (χ2n) is 5.54. The van der Waals surface area contributed by atoms with Crippen molar-refractivity contribution in [3.63, 3.8) is 0 Å². The first-order valence-electron chi connectivity index (χ1n) is 7.91. The minimum absolute atomic E-state index is 0.354. The second-order valence-corrected chi connectivity index (χ2v) is 5.54. The second kappa shape index (κ2) is 8.15. The summed E-state index contributed by atoms with van der Waals surface area (Å²) in [6.07, 6.45) is -0.191. The van der Waals surface area contributed by atoms with Crippen LogP contribution in [-0.2, 0) is 4.79 Å². The molecule has 126 valence electrons. The van der Waals surface area contributed by atoms with Gasteiger partial charge in [-0.15, -0.1) is 0 Å². The molecule has 0 radical (unpaired) electrons. The van der Waals surface area contributed by atoms with Crippen molar-refractivity contribution >= 4 is 11.8 Å². The van der Waals surface area contributed by atoms with Crippen LogP contribution in [0.5, 0.6) is 5.75 Å². The summed E-state index contributed by atoms with van der Waals surface area (Å²) < 4.78 is 5.75. The molecule has 0 aliphatic heterocycles. The van der Waals surface area contributed by atoms with Crippen LogP contribution >= 0.6 is 0 Å². The Balaban J connectivity index is 1.96. The lowest BCUT2D eigenvalue weighted by Gasteiger charge is -2.19. The molecule has 0 saturated carbocycles. The third-order valence-electron chi connectivity index (χ3n) is 3.71. The molecule has 0 aliphatic rings. The molecule has 2 aromatic rings. The summed E-state index contributed by atoms with van der Waals surface area (Å²) in [6, 6.07) is 14.7. The number of carbonyl (C=O) groups is 2. The van der Waals surface area contributed by atoms with Gasteiger partial charge < -0.3 is 4.74 Å². The van der Waals surface area contributed by atoms with E-state index >= 15 is 0 Å². The zero-order valence-electron chi connectivity index (χ0n) is 14.1. The van der Waals surface area contributed by atoms with Crippen molar-refractivity contribution in [3.8, 4) is 5.75 Å². The number of carbonyl (C=O) groups excluding carboxylic acids is 2. The molecule has 2 rings (SSSR count). The van der Waals surface area contributed by atoms with Crippen molar-refractivity contribution in [1.29, 1.82) is 0 Å². The van der Waals surface area contributed by atoms with Gasteiger partial charge in [-0.25, -0.2) is 0 Å². The molecule has 5 nitrogen and oxygen atoms in total. The molecule has 0 bridgehead atoms. The van der Waals surface area contributed by atoms with Crippen LogP contribution in [0.2, 0.25) is 0 Å². The number of hydrogen-bond acceptors (Lipinski definition) is 3. The molecular formula is C19H22N2O3. The van der Waals surface area contributed by atoms with E-state index in [2.05, 4.69) is 10.9 Å². The highest BCUT2D eigenvalue weighted by molar-refractivity contribution is 5.97. The van der Waals surface area contributed by atoms with Crippen LogP contribution in [-0.4, -0.2) is 17.9 Å². The Morgan fingerprint density at radius 2 is 1.58 bits per heavy atom. The highest BCUT2D eigenvalue weighted by Crippen LogP contribution is 2.18. The number of rotatable bonds is 5. The molecule has 0 spiro atoms. The lowest BCUT2D eigenvalue weighted by Crippen LogP contribution is -2.48. The summed E-state index contributed by atoms with van der Waals surface area (Å²) >= 11 is 0. The quantitative estimate of drug-likeness (QED) is 0.830. The SMILES string of the molecule is CCC(Oc1ccccc1C)C(=O)NNC(=O)c1ccccc1C. The van der Waals surface area contributed by atoms with Crippen LogP contribution in [0.3, 0.4) is 0 Å². The predicted octanol–water partition coefficient (Wildman–Crippen LogP) is 2.92. The van der Waals surface area contributed by atoms with E-state index in [0.717, 1.165) is 11.1 Å². The van der Waals surface area contributed by atoms with Crippen molar-refractivity contribution in [2.75, 3.05) is 0 Å². The summed E-state index contributed by atoms with van der Waals surface area (Å²) in [4.78, 5) is 24.4. The van der Waals surface area contributed by atoms with Gasteiger partial charge in [0.2, 0.25) is 0 Å². The van der Waals surface area contributed by atoms with Crippen molar-refractivity contribution in [1.82, 2.24) is 10.9 Å². The van der Waals surface area contributed by atoms with E-state index in [0.29, 0.717) is 17.7 Å². The van der Waals surface area contributed by atoms with Crippen molar-refractivity contribution < 1.29 is 14.3 Å². The van der Waals surface area contributed by atoms with Gasteiger partial charge in [0.05, 0.1) is 0 Å². The molecule has 0 saturated heterocycles. The summed E-state index contributed by atoms with van der Waals surface area (Å²) in [5, 5.41) is 0. The Hall–Kier alpha value is -2.82. The minimum Gasteiger partial charge on any atom is -0.480 e. The first-order valence-corrected chi connectivity index (χ1v) is 7.91. The molecule has 0 aliphatic carbocycles. The zero-order valence-corrected chi connectivity index (χ0v) is 14.1. The first kappa shape index (κ1) is 17.5. The normalized spacial score (nSPS) is 11.5. The summed E-state index contributed by atoms with van der Waals surface area (Å²) in [6.45, 7) is 5.61. The maximum Gasteiger partial charge on any atom is 0.279 e. The molecule has 24 heavy (non-hydrogen) atoms. The van der Waals surface area contributed by atoms with Crippen molar-refractivity contribution in [3.05, 3.63) is 65.2 Å². The van der Waals surface area contributed by atoms with Gasteiger partial charge >= 0.3 is 0 Å². The zero-order chi connectivity index (χ0) is 17.5. The average Bonchev–Trinajstić information content (AvgIpc) is 2.59. The fourth-order valence-electron chi connectivity index (χ4n) is 2.26. The molecule has 2 amide bonds. The summed E-state index contributed by atoms with van der Waals surface area (Å²) in [5.74, 6) is -0.0837. The Bertz CT molecular complexity index is 728. The van der Waals surface area contributed by atoms with Gasteiger partial charge in [-0.3, -0.25) is 20.4 Å². The van der Waals surface area contributed by atoms with E-state index in [-0.39, 0.29) is 11.8 Å². The summed E-state index contributed by atoms with van der Waals surface area (Å²) in [7, 11) is 0. The third kappa shape index (κ3) is 4.35. The number of benzene rings is 2. The smallest absolute Gasteiger partial charge is 0.279 e. The largest absolute Gasteiger partial charge is 0.480 e. The Morgan fingerprint density at radius 1 is 0.958 bits per heavy atom. The highest BCUT2D eigenvalue weighted by Gasteiger charge is 2.20. The summed E-state index contributed by atoms with van der Waals surface area (Å²) in [5.41, 5.74) is 7.18. The predicted molar refractivity (Wildman–Crippen MR) is 92.7 cm³/mol. The van der Waals surface area contributed by atoms with Crippen LogP contribution in [0.1, 0.15) is 34.8 Å². The molecule has 1 atom stereocenters. The molecule has 2 N–H and O–H groups in total. The lowest BCUT2D eigenvalue weighted by atomic mass is 10.1. The van der Waals surface area contributed by atoms with E-state index in [4.69, 9.17) is 4.74 Å². The maximum atomic E-state index is 12.3.